The minimum atomic E-state index is -0.414. The van der Waals surface area contributed by atoms with Crippen LogP contribution in [0.1, 0.15) is 25.8 Å². The highest BCUT2D eigenvalue weighted by Gasteiger charge is 2.26. The summed E-state index contributed by atoms with van der Waals surface area (Å²) in [6, 6.07) is 5.38. The highest BCUT2D eigenvalue weighted by Crippen LogP contribution is 2.30. The van der Waals surface area contributed by atoms with Crippen LogP contribution in [0.15, 0.2) is 18.2 Å². The molecule has 0 N–H and O–H groups in total. The molecule has 6 nitrogen and oxygen atoms in total. The lowest BCUT2D eigenvalue weighted by Gasteiger charge is -2.34. The molecule has 2 aliphatic rings. The van der Waals surface area contributed by atoms with Crippen LogP contribution in [-0.2, 0) is 20.7 Å². The summed E-state index contributed by atoms with van der Waals surface area (Å²) >= 11 is 0. The van der Waals surface area contributed by atoms with E-state index in [2.05, 4.69) is 13.8 Å². The molecule has 0 aromatic heterocycles. The summed E-state index contributed by atoms with van der Waals surface area (Å²) in [6.45, 7) is 6.61. The number of carbonyl (C=O) groups is 2. The van der Waals surface area contributed by atoms with Gasteiger partial charge in [0, 0.05) is 13.1 Å². The number of hydrogen-bond acceptors (Lipinski definition) is 5. The van der Waals surface area contributed by atoms with Gasteiger partial charge in [0.1, 0.15) is 13.2 Å². The number of piperidine rings is 1. The Kier molecular flexibility index (Phi) is 5.46. The maximum Gasteiger partial charge on any atom is 0.310 e. The van der Waals surface area contributed by atoms with E-state index < -0.39 is 5.97 Å². The van der Waals surface area contributed by atoms with Crippen LogP contribution >= 0.6 is 0 Å². The average molecular weight is 347 g/mol. The van der Waals surface area contributed by atoms with Crippen molar-refractivity contribution in [3.63, 3.8) is 0 Å². The third kappa shape index (κ3) is 4.65. The molecule has 1 aromatic carbocycles. The highest BCUT2D eigenvalue weighted by atomic mass is 16.6. The molecule has 2 heterocycles. The van der Waals surface area contributed by atoms with E-state index in [0.29, 0.717) is 36.5 Å². The highest BCUT2D eigenvalue weighted by molar-refractivity contribution is 5.81. The van der Waals surface area contributed by atoms with Crippen LogP contribution in [-0.4, -0.2) is 49.7 Å². The Hall–Kier alpha value is -2.24. The second-order valence-electron chi connectivity index (χ2n) is 7.06. The number of ether oxygens (including phenoxy) is 3. The Labute approximate surface area is 148 Å². The minimum Gasteiger partial charge on any atom is -0.486 e. The van der Waals surface area contributed by atoms with Crippen LogP contribution in [0.4, 0.5) is 0 Å². The van der Waals surface area contributed by atoms with E-state index in [1.807, 2.05) is 6.07 Å². The van der Waals surface area contributed by atoms with E-state index in [1.54, 1.807) is 17.0 Å². The van der Waals surface area contributed by atoms with Gasteiger partial charge in [-0.3, -0.25) is 9.59 Å². The summed E-state index contributed by atoms with van der Waals surface area (Å²) in [5.74, 6) is 1.77. The van der Waals surface area contributed by atoms with Gasteiger partial charge in [0.2, 0.25) is 0 Å². The number of carbonyl (C=O) groups excluding carboxylic acids is 2. The van der Waals surface area contributed by atoms with Crippen molar-refractivity contribution in [3.8, 4) is 11.5 Å². The molecule has 0 aliphatic carbocycles. The Bertz CT molecular complexity index is 635. The van der Waals surface area contributed by atoms with Crippen LogP contribution in [0.3, 0.4) is 0 Å². The van der Waals surface area contributed by atoms with E-state index in [0.717, 1.165) is 25.1 Å². The van der Waals surface area contributed by atoms with E-state index in [1.165, 1.54) is 0 Å². The Morgan fingerprint density at radius 2 is 1.80 bits per heavy atom. The van der Waals surface area contributed by atoms with Crippen molar-refractivity contribution < 1.29 is 23.8 Å². The molecule has 0 radical (unpaired) electrons. The molecule has 1 aromatic rings. The fourth-order valence-corrected chi connectivity index (χ4v) is 3.52. The lowest BCUT2D eigenvalue weighted by molar-refractivity contribution is -0.152. The topological polar surface area (TPSA) is 65.1 Å². The number of likely N-dealkylation sites (tertiary alicyclic amines) is 1. The SMILES string of the molecule is CC1CC(C)CN(C(=O)COC(=O)Cc2ccc3c(c2)OCCO3)C1. The monoisotopic (exact) mass is 347 g/mol. The third-order valence-electron chi connectivity index (χ3n) is 4.53. The molecule has 2 unspecified atom stereocenters. The number of amides is 1. The summed E-state index contributed by atoms with van der Waals surface area (Å²) < 4.78 is 16.1. The van der Waals surface area contributed by atoms with Gasteiger partial charge in [-0.15, -0.1) is 0 Å². The summed E-state index contributed by atoms with van der Waals surface area (Å²) in [6.07, 6.45) is 1.24. The standard InChI is InChI=1S/C19H25NO5/c1-13-7-14(2)11-20(10-13)18(21)12-25-19(22)9-15-3-4-16-17(8-15)24-6-5-23-16/h3-4,8,13-14H,5-7,9-12H2,1-2H3. The number of rotatable bonds is 4. The van der Waals surface area contributed by atoms with Crippen molar-refractivity contribution in [1.29, 1.82) is 0 Å². The van der Waals surface area contributed by atoms with Gasteiger partial charge in [-0.1, -0.05) is 19.9 Å². The first-order chi connectivity index (χ1) is 12.0. The summed E-state index contributed by atoms with van der Waals surface area (Å²) in [5, 5.41) is 0. The maximum absolute atomic E-state index is 12.2. The molecule has 1 fully saturated rings. The molecule has 2 aliphatic heterocycles. The van der Waals surface area contributed by atoms with E-state index in [9.17, 15) is 9.59 Å². The van der Waals surface area contributed by atoms with Crippen LogP contribution in [0.2, 0.25) is 0 Å². The molecule has 0 saturated carbocycles. The largest absolute Gasteiger partial charge is 0.486 e. The van der Waals surface area contributed by atoms with Gasteiger partial charge < -0.3 is 19.1 Å². The van der Waals surface area contributed by atoms with Gasteiger partial charge in [0.05, 0.1) is 6.42 Å². The normalized spacial score (nSPS) is 22.4. The quantitative estimate of drug-likeness (QED) is 0.780. The van der Waals surface area contributed by atoms with Crippen LogP contribution < -0.4 is 9.47 Å². The van der Waals surface area contributed by atoms with Crippen molar-refractivity contribution in [3.05, 3.63) is 23.8 Å². The van der Waals surface area contributed by atoms with Crippen molar-refractivity contribution >= 4 is 11.9 Å². The zero-order valence-corrected chi connectivity index (χ0v) is 14.8. The smallest absolute Gasteiger partial charge is 0.310 e. The fraction of sp³-hybridized carbons (Fsp3) is 0.579. The predicted octanol–water partition coefficient (Wildman–Crippen LogP) is 2.05. The zero-order chi connectivity index (χ0) is 17.8. The van der Waals surface area contributed by atoms with E-state index in [4.69, 9.17) is 14.2 Å². The second kappa shape index (κ2) is 7.76. The van der Waals surface area contributed by atoms with Crippen LogP contribution in [0, 0.1) is 11.8 Å². The number of nitrogens with zero attached hydrogens (tertiary/aromatic N) is 1. The van der Waals surface area contributed by atoms with Gasteiger partial charge in [-0.05, 0) is 36.0 Å². The molecule has 3 rings (SSSR count). The first-order valence-corrected chi connectivity index (χ1v) is 8.83. The Morgan fingerprint density at radius 3 is 2.52 bits per heavy atom. The van der Waals surface area contributed by atoms with Crippen molar-refractivity contribution in [1.82, 2.24) is 4.90 Å². The van der Waals surface area contributed by atoms with Crippen molar-refractivity contribution in [2.45, 2.75) is 26.7 Å². The van der Waals surface area contributed by atoms with Crippen molar-refractivity contribution in [2.75, 3.05) is 32.9 Å². The van der Waals surface area contributed by atoms with Gasteiger partial charge in [0.15, 0.2) is 18.1 Å². The third-order valence-corrected chi connectivity index (χ3v) is 4.53. The summed E-state index contributed by atoms with van der Waals surface area (Å²) in [4.78, 5) is 26.1. The molecule has 25 heavy (non-hydrogen) atoms. The van der Waals surface area contributed by atoms with Gasteiger partial charge in [0.25, 0.3) is 5.91 Å². The molecule has 6 heteroatoms. The van der Waals surface area contributed by atoms with Crippen LogP contribution in [0.25, 0.3) is 0 Å². The average Bonchev–Trinajstić information content (AvgIpc) is 2.58. The van der Waals surface area contributed by atoms with E-state index in [-0.39, 0.29) is 18.9 Å². The Balaban J connectivity index is 1.48. The zero-order valence-electron chi connectivity index (χ0n) is 14.8. The molecule has 1 saturated heterocycles. The lowest BCUT2D eigenvalue weighted by atomic mass is 9.92. The van der Waals surface area contributed by atoms with Gasteiger partial charge >= 0.3 is 5.97 Å². The number of esters is 1. The molecule has 0 bridgehead atoms. The Morgan fingerprint density at radius 1 is 1.12 bits per heavy atom. The number of fused-ring (bicyclic) bond motifs is 1. The lowest BCUT2D eigenvalue weighted by Crippen LogP contribution is -2.44. The van der Waals surface area contributed by atoms with Crippen molar-refractivity contribution in [2.24, 2.45) is 11.8 Å². The molecule has 136 valence electrons. The minimum absolute atomic E-state index is 0.108. The number of hydrogen-bond donors (Lipinski definition) is 0. The van der Waals surface area contributed by atoms with E-state index >= 15 is 0 Å². The number of benzene rings is 1. The summed E-state index contributed by atoms with van der Waals surface area (Å²) in [7, 11) is 0. The molecular weight excluding hydrogens is 322 g/mol. The summed E-state index contributed by atoms with van der Waals surface area (Å²) in [5.41, 5.74) is 0.780. The molecule has 2 atom stereocenters. The maximum atomic E-state index is 12.2. The fourth-order valence-electron chi connectivity index (χ4n) is 3.52. The molecule has 1 amide bonds. The molecular formula is C19H25NO5. The molecule has 0 spiro atoms. The van der Waals surface area contributed by atoms with Crippen LogP contribution in [0.5, 0.6) is 11.5 Å². The first-order valence-electron chi connectivity index (χ1n) is 8.83. The second-order valence-corrected chi connectivity index (χ2v) is 7.06. The first kappa shape index (κ1) is 17.6. The van der Waals surface area contributed by atoms with Gasteiger partial charge in [-0.25, -0.2) is 0 Å². The predicted molar refractivity (Wildman–Crippen MR) is 91.6 cm³/mol. The van der Waals surface area contributed by atoms with Gasteiger partial charge in [-0.2, -0.15) is 0 Å².